The smallest absolute Gasteiger partial charge is 0.287 e. The van der Waals surface area contributed by atoms with Crippen molar-refractivity contribution >= 4 is 27.5 Å². The minimum atomic E-state index is -0.483. The summed E-state index contributed by atoms with van der Waals surface area (Å²) in [6.45, 7) is 4.66. The second-order valence-corrected chi connectivity index (χ2v) is 5.40. The molecular weight excluding hydrogens is 326 g/mol. The van der Waals surface area contributed by atoms with Crippen molar-refractivity contribution < 1.29 is 9.72 Å². The zero-order chi connectivity index (χ0) is 15.3. The molecule has 7 heteroatoms. The van der Waals surface area contributed by atoms with Crippen molar-refractivity contribution in [3.63, 3.8) is 0 Å². The molecule has 0 aliphatic carbocycles. The van der Waals surface area contributed by atoms with Crippen molar-refractivity contribution in [3.8, 4) is 0 Å². The molecule has 0 N–H and O–H groups in total. The molecule has 0 spiro atoms. The van der Waals surface area contributed by atoms with Crippen molar-refractivity contribution in [2.24, 2.45) is 7.05 Å². The van der Waals surface area contributed by atoms with Gasteiger partial charge in [-0.2, -0.15) is 0 Å². The van der Waals surface area contributed by atoms with Crippen molar-refractivity contribution in [3.05, 3.63) is 28.1 Å². The van der Waals surface area contributed by atoms with E-state index in [1.807, 2.05) is 13.8 Å². The van der Waals surface area contributed by atoms with Crippen LogP contribution in [0.3, 0.4) is 0 Å². The molecule has 1 amide bonds. The van der Waals surface area contributed by atoms with Gasteiger partial charge in [-0.15, -0.1) is 0 Å². The minimum absolute atomic E-state index is 0.0563. The lowest BCUT2D eigenvalue weighted by molar-refractivity contribution is -0.384. The summed E-state index contributed by atoms with van der Waals surface area (Å²) in [7, 11) is 1.65. The minimum Gasteiger partial charge on any atom is -0.340 e. The van der Waals surface area contributed by atoms with Crippen LogP contribution in [-0.4, -0.2) is 38.2 Å². The van der Waals surface area contributed by atoms with Gasteiger partial charge in [0.05, 0.1) is 11.1 Å². The lowest BCUT2D eigenvalue weighted by Crippen LogP contribution is -2.41. The van der Waals surface area contributed by atoms with Gasteiger partial charge in [-0.1, -0.05) is 29.8 Å². The maximum atomic E-state index is 12.6. The topological polar surface area (TPSA) is 68.4 Å². The van der Waals surface area contributed by atoms with E-state index in [0.29, 0.717) is 17.6 Å². The second-order valence-electron chi connectivity index (χ2n) is 4.61. The molecule has 0 aliphatic rings. The lowest BCUT2D eigenvalue weighted by atomic mass is 10.1. The monoisotopic (exact) mass is 345 g/mol. The number of hydrogen-bond acceptors (Lipinski definition) is 3. The molecule has 1 aromatic rings. The van der Waals surface area contributed by atoms with E-state index in [1.165, 1.54) is 16.8 Å². The normalized spacial score (nSPS) is 10.8. The number of halogens is 1. The Morgan fingerprint density at radius 1 is 1.50 bits per heavy atom. The van der Waals surface area contributed by atoms with Crippen molar-refractivity contribution in [2.45, 2.75) is 32.7 Å². The highest BCUT2D eigenvalue weighted by molar-refractivity contribution is 9.09. The van der Waals surface area contributed by atoms with Gasteiger partial charge in [0.25, 0.3) is 11.6 Å². The van der Waals surface area contributed by atoms with Crippen molar-refractivity contribution in [2.75, 3.05) is 11.9 Å². The molecule has 20 heavy (non-hydrogen) atoms. The second kappa shape index (κ2) is 7.42. The summed E-state index contributed by atoms with van der Waals surface area (Å²) < 4.78 is 1.52. The molecule has 0 radical (unpaired) electrons. The summed E-state index contributed by atoms with van der Waals surface area (Å²) in [5, 5.41) is 11.5. The standard InChI is InChI=1S/C13H20BrN3O3/c1-4-10(5-2)16(7-6-14)13(18)12-8-11(17(19)20)9-15(12)3/h8-10H,4-7H2,1-3H3. The van der Waals surface area contributed by atoms with Crippen LogP contribution in [0.5, 0.6) is 0 Å². The molecular formula is C13H20BrN3O3. The van der Waals surface area contributed by atoms with Crippen LogP contribution in [0.2, 0.25) is 0 Å². The Morgan fingerprint density at radius 2 is 2.10 bits per heavy atom. The van der Waals surface area contributed by atoms with Crippen molar-refractivity contribution in [1.82, 2.24) is 9.47 Å². The molecule has 0 aromatic carbocycles. The summed E-state index contributed by atoms with van der Waals surface area (Å²) in [5.74, 6) is -0.159. The van der Waals surface area contributed by atoms with E-state index in [4.69, 9.17) is 0 Å². The van der Waals surface area contributed by atoms with Gasteiger partial charge in [0.2, 0.25) is 0 Å². The third-order valence-electron chi connectivity index (χ3n) is 3.39. The molecule has 1 rings (SSSR count). The SMILES string of the molecule is CCC(CC)N(CCBr)C(=O)c1cc([N+](=O)[O-])cn1C. The fourth-order valence-electron chi connectivity index (χ4n) is 2.28. The maximum Gasteiger partial charge on any atom is 0.287 e. The van der Waals surface area contributed by atoms with Gasteiger partial charge >= 0.3 is 0 Å². The largest absolute Gasteiger partial charge is 0.340 e. The summed E-state index contributed by atoms with van der Waals surface area (Å²) in [6, 6.07) is 1.49. The van der Waals surface area contributed by atoms with Crippen LogP contribution in [0.15, 0.2) is 12.3 Å². The molecule has 0 bridgehead atoms. The molecule has 6 nitrogen and oxygen atoms in total. The maximum absolute atomic E-state index is 12.6. The van der Waals surface area contributed by atoms with E-state index in [1.54, 1.807) is 11.9 Å². The van der Waals surface area contributed by atoms with Gasteiger partial charge in [-0.25, -0.2) is 0 Å². The molecule has 0 saturated carbocycles. The fraction of sp³-hybridized carbons (Fsp3) is 0.615. The zero-order valence-electron chi connectivity index (χ0n) is 12.0. The molecule has 0 unspecified atom stereocenters. The van der Waals surface area contributed by atoms with Crippen molar-refractivity contribution in [1.29, 1.82) is 0 Å². The average molecular weight is 346 g/mol. The number of hydrogen-bond donors (Lipinski definition) is 0. The Morgan fingerprint density at radius 3 is 2.50 bits per heavy atom. The van der Waals surface area contributed by atoms with E-state index in [-0.39, 0.29) is 17.6 Å². The van der Waals surface area contributed by atoms with Gasteiger partial charge in [-0.3, -0.25) is 14.9 Å². The third kappa shape index (κ3) is 3.59. The Hall–Kier alpha value is -1.37. The number of amides is 1. The number of rotatable bonds is 7. The highest BCUT2D eigenvalue weighted by Crippen LogP contribution is 2.19. The van der Waals surface area contributed by atoms with Gasteiger partial charge < -0.3 is 9.47 Å². The highest BCUT2D eigenvalue weighted by Gasteiger charge is 2.26. The predicted octanol–water partition coefficient (Wildman–Crippen LogP) is 2.96. The van der Waals surface area contributed by atoms with Crippen LogP contribution < -0.4 is 0 Å². The number of nitro groups is 1. The van der Waals surface area contributed by atoms with Crippen LogP contribution in [0.25, 0.3) is 0 Å². The summed E-state index contributed by atoms with van der Waals surface area (Å²) in [4.78, 5) is 24.7. The zero-order valence-corrected chi connectivity index (χ0v) is 13.6. The first kappa shape index (κ1) is 16.7. The van der Waals surface area contributed by atoms with E-state index < -0.39 is 4.92 Å². The summed E-state index contributed by atoms with van der Waals surface area (Å²) >= 11 is 3.36. The number of aromatic nitrogens is 1. The molecule has 0 atom stereocenters. The van der Waals surface area contributed by atoms with E-state index in [0.717, 1.165) is 12.8 Å². The van der Waals surface area contributed by atoms with E-state index >= 15 is 0 Å². The van der Waals surface area contributed by atoms with Crippen LogP contribution in [-0.2, 0) is 7.05 Å². The molecule has 0 saturated heterocycles. The molecule has 1 aromatic heterocycles. The lowest BCUT2D eigenvalue weighted by Gasteiger charge is -2.30. The van der Waals surface area contributed by atoms with E-state index in [9.17, 15) is 14.9 Å². The number of carbonyl (C=O) groups is 1. The molecule has 0 fully saturated rings. The van der Waals surface area contributed by atoms with Gasteiger partial charge in [0.1, 0.15) is 5.69 Å². The van der Waals surface area contributed by atoms with Gasteiger partial charge in [0.15, 0.2) is 0 Å². The van der Waals surface area contributed by atoms with E-state index in [2.05, 4.69) is 15.9 Å². The predicted molar refractivity (Wildman–Crippen MR) is 81.3 cm³/mol. The van der Waals surface area contributed by atoms with Crippen LogP contribution in [0, 0.1) is 10.1 Å². The number of carbonyl (C=O) groups excluding carboxylic acids is 1. The first-order valence-corrected chi connectivity index (χ1v) is 7.76. The molecule has 1 heterocycles. The first-order chi connectivity index (χ1) is 9.46. The summed E-state index contributed by atoms with van der Waals surface area (Å²) in [6.07, 6.45) is 3.09. The Kier molecular flexibility index (Phi) is 6.19. The van der Waals surface area contributed by atoms with Crippen LogP contribution in [0.1, 0.15) is 37.2 Å². The Balaban J connectivity index is 3.08. The van der Waals surface area contributed by atoms with Gasteiger partial charge in [-0.05, 0) is 12.8 Å². The average Bonchev–Trinajstić information content (AvgIpc) is 2.80. The molecule has 0 aliphatic heterocycles. The Bertz CT molecular complexity index is 483. The molecule has 112 valence electrons. The Labute approximate surface area is 127 Å². The first-order valence-electron chi connectivity index (χ1n) is 6.63. The highest BCUT2D eigenvalue weighted by atomic mass is 79.9. The van der Waals surface area contributed by atoms with Gasteiger partial charge in [0, 0.05) is 31.0 Å². The number of aryl methyl sites for hydroxylation is 1. The number of nitrogens with zero attached hydrogens (tertiary/aromatic N) is 3. The van der Waals surface area contributed by atoms with Crippen LogP contribution in [0.4, 0.5) is 5.69 Å². The summed E-state index contributed by atoms with van der Waals surface area (Å²) in [5.41, 5.74) is 0.295. The number of alkyl halides is 1. The third-order valence-corrected chi connectivity index (χ3v) is 3.74. The quantitative estimate of drug-likeness (QED) is 0.433. The van der Waals surface area contributed by atoms with Crippen LogP contribution >= 0.6 is 15.9 Å². The fourth-order valence-corrected chi connectivity index (χ4v) is 2.66.